The summed E-state index contributed by atoms with van der Waals surface area (Å²) in [6.07, 6.45) is 3.79. The molecular formula is C17H13FN6O4. The highest BCUT2D eigenvalue weighted by Crippen LogP contribution is 2.19. The molecule has 0 atom stereocenters. The van der Waals surface area contributed by atoms with Crippen LogP contribution in [0, 0.1) is 5.82 Å². The number of aromatic carboxylic acids is 1. The van der Waals surface area contributed by atoms with Gasteiger partial charge >= 0.3 is 5.97 Å². The lowest BCUT2D eigenvalue weighted by molar-refractivity contribution is 0.0697. The highest BCUT2D eigenvalue weighted by atomic mass is 19.1. The molecule has 10 nitrogen and oxygen atoms in total. The number of nitrogens with one attached hydrogen (secondary N) is 1. The Kier molecular flexibility index (Phi) is 4.11. The van der Waals surface area contributed by atoms with Crippen molar-refractivity contribution < 1.29 is 19.0 Å². The van der Waals surface area contributed by atoms with Gasteiger partial charge in [-0.25, -0.2) is 18.9 Å². The minimum absolute atomic E-state index is 0.0331. The molecule has 4 aromatic rings. The van der Waals surface area contributed by atoms with Crippen LogP contribution in [0.4, 0.5) is 4.39 Å². The van der Waals surface area contributed by atoms with Crippen molar-refractivity contribution in [2.24, 2.45) is 0 Å². The fraction of sp³-hybridized carbons (Fsp3) is 0.118. The Morgan fingerprint density at radius 3 is 2.89 bits per heavy atom. The third kappa shape index (κ3) is 2.98. The summed E-state index contributed by atoms with van der Waals surface area (Å²) in [5.74, 6) is -1.49. The monoisotopic (exact) mass is 384 g/mol. The average molecular weight is 384 g/mol. The number of H-pyrrole nitrogens is 1. The van der Waals surface area contributed by atoms with E-state index >= 15 is 0 Å². The summed E-state index contributed by atoms with van der Waals surface area (Å²) in [6, 6.07) is 4.50. The minimum Gasteiger partial charge on any atom is -0.494 e. The number of fused-ring (bicyclic) bond motifs is 1. The van der Waals surface area contributed by atoms with Crippen molar-refractivity contribution in [3.63, 3.8) is 0 Å². The van der Waals surface area contributed by atoms with Crippen LogP contribution in [-0.2, 0) is 6.54 Å². The summed E-state index contributed by atoms with van der Waals surface area (Å²) >= 11 is 0. The molecule has 0 aliphatic heterocycles. The molecule has 0 amide bonds. The van der Waals surface area contributed by atoms with Gasteiger partial charge in [0, 0.05) is 12.7 Å². The maximum Gasteiger partial charge on any atom is 0.338 e. The molecular weight excluding hydrogens is 371 g/mol. The van der Waals surface area contributed by atoms with Gasteiger partial charge in [-0.15, -0.1) is 0 Å². The summed E-state index contributed by atoms with van der Waals surface area (Å²) in [5, 5.41) is 12.8. The average Bonchev–Trinajstić information content (AvgIpc) is 3.30. The molecule has 28 heavy (non-hydrogen) atoms. The quantitative estimate of drug-likeness (QED) is 0.529. The van der Waals surface area contributed by atoms with Crippen molar-refractivity contribution in [2.75, 3.05) is 7.11 Å². The molecule has 142 valence electrons. The van der Waals surface area contributed by atoms with E-state index in [0.29, 0.717) is 5.56 Å². The number of imidazole rings is 1. The van der Waals surface area contributed by atoms with E-state index in [-0.39, 0.29) is 35.0 Å². The number of hydrogen-bond acceptors (Lipinski definition) is 6. The topological polar surface area (TPSA) is 128 Å². The lowest BCUT2D eigenvalue weighted by Crippen LogP contribution is -2.16. The van der Waals surface area contributed by atoms with Crippen molar-refractivity contribution in [3.8, 4) is 11.7 Å². The predicted octanol–water partition coefficient (Wildman–Crippen LogP) is 1.20. The van der Waals surface area contributed by atoms with E-state index in [1.54, 1.807) is 6.07 Å². The number of carboxylic acids is 1. The molecule has 2 N–H and O–H groups in total. The predicted molar refractivity (Wildman–Crippen MR) is 94.3 cm³/mol. The highest BCUT2D eigenvalue weighted by Gasteiger charge is 2.14. The number of aromatic nitrogens is 6. The second-order valence-electron chi connectivity index (χ2n) is 5.88. The van der Waals surface area contributed by atoms with Crippen LogP contribution >= 0.6 is 0 Å². The van der Waals surface area contributed by atoms with Gasteiger partial charge in [-0.1, -0.05) is 6.07 Å². The summed E-state index contributed by atoms with van der Waals surface area (Å²) in [7, 11) is 1.38. The first-order chi connectivity index (χ1) is 13.5. The maximum atomic E-state index is 13.9. The normalized spacial score (nSPS) is 11.1. The zero-order chi connectivity index (χ0) is 19.8. The third-order valence-corrected chi connectivity index (χ3v) is 4.09. The van der Waals surface area contributed by atoms with Gasteiger partial charge in [0.1, 0.15) is 0 Å². The molecule has 0 saturated heterocycles. The Morgan fingerprint density at radius 2 is 2.21 bits per heavy atom. The van der Waals surface area contributed by atoms with Crippen LogP contribution in [0.15, 0.2) is 41.7 Å². The van der Waals surface area contributed by atoms with Crippen LogP contribution in [0.25, 0.3) is 17.1 Å². The molecule has 0 radical (unpaired) electrons. The van der Waals surface area contributed by atoms with E-state index in [2.05, 4.69) is 20.1 Å². The van der Waals surface area contributed by atoms with E-state index in [1.807, 2.05) is 0 Å². The molecule has 0 fully saturated rings. The number of rotatable bonds is 5. The van der Waals surface area contributed by atoms with Gasteiger partial charge in [0.15, 0.2) is 22.7 Å². The highest BCUT2D eigenvalue weighted by molar-refractivity contribution is 5.86. The molecule has 0 spiro atoms. The van der Waals surface area contributed by atoms with Crippen molar-refractivity contribution in [3.05, 3.63) is 64.2 Å². The van der Waals surface area contributed by atoms with Gasteiger partial charge in [0.25, 0.3) is 5.56 Å². The van der Waals surface area contributed by atoms with Crippen molar-refractivity contribution in [1.82, 2.24) is 29.3 Å². The van der Waals surface area contributed by atoms with Crippen LogP contribution in [0.3, 0.4) is 0 Å². The molecule has 0 saturated carbocycles. The van der Waals surface area contributed by atoms with E-state index in [1.165, 1.54) is 36.3 Å². The molecule has 0 aliphatic rings. The first kappa shape index (κ1) is 17.4. The maximum absolute atomic E-state index is 13.9. The largest absolute Gasteiger partial charge is 0.494 e. The number of carboxylic acid groups (broad SMARTS) is 1. The second-order valence-corrected chi connectivity index (χ2v) is 5.88. The minimum atomic E-state index is -1.15. The zero-order valence-electron chi connectivity index (χ0n) is 14.5. The number of ether oxygens (including phenoxy) is 1. The van der Waals surface area contributed by atoms with Crippen LogP contribution in [0.2, 0.25) is 0 Å². The van der Waals surface area contributed by atoms with Crippen LogP contribution in [0.1, 0.15) is 15.9 Å². The summed E-state index contributed by atoms with van der Waals surface area (Å²) in [4.78, 5) is 34.4. The summed E-state index contributed by atoms with van der Waals surface area (Å²) < 4.78 is 21.5. The first-order valence-electron chi connectivity index (χ1n) is 8.02. The number of halogens is 1. The molecule has 11 heteroatoms. The van der Waals surface area contributed by atoms with E-state index < -0.39 is 17.3 Å². The van der Waals surface area contributed by atoms with E-state index in [9.17, 15) is 14.0 Å². The summed E-state index contributed by atoms with van der Waals surface area (Å²) in [6.45, 7) is 0.201. The first-order valence-corrected chi connectivity index (χ1v) is 8.02. The number of nitrogens with zero attached hydrogens (tertiary/aromatic N) is 5. The number of carbonyl (C=O) groups is 1. The van der Waals surface area contributed by atoms with Crippen LogP contribution < -0.4 is 10.3 Å². The third-order valence-electron chi connectivity index (χ3n) is 4.09. The molecule has 0 bridgehead atoms. The standard InChI is InChI=1S/C17H13FN6O4/c1-28-12-3-2-9(4-11(12)18)6-23-8-19-14-13(23)15(25)22-17(21-14)24-7-10(5-20-24)16(26)27/h2-5,7-8H,6H2,1H3,(H,26,27)(H,21,22,25). The molecule has 0 aliphatic carbocycles. The number of benzene rings is 1. The molecule has 0 unspecified atom stereocenters. The fourth-order valence-corrected chi connectivity index (χ4v) is 2.76. The summed E-state index contributed by atoms with van der Waals surface area (Å²) in [5.41, 5.74) is 0.429. The van der Waals surface area contributed by atoms with Gasteiger partial charge < -0.3 is 14.4 Å². The number of hydrogen-bond donors (Lipinski definition) is 2. The Balaban J connectivity index is 1.71. The molecule has 3 aromatic heterocycles. The van der Waals surface area contributed by atoms with Gasteiger partial charge in [0.2, 0.25) is 5.95 Å². The van der Waals surface area contributed by atoms with Gasteiger partial charge in [-0.05, 0) is 17.7 Å². The second kappa shape index (κ2) is 6.61. The Labute approximate surface area is 155 Å². The Bertz CT molecular complexity index is 1260. The molecule has 4 rings (SSSR count). The number of aromatic amines is 1. The Morgan fingerprint density at radius 1 is 1.39 bits per heavy atom. The smallest absolute Gasteiger partial charge is 0.338 e. The lowest BCUT2D eigenvalue weighted by Gasteiger charge is -2.07. The van der Waals surface area contributed by atoms with E-state index in [0.717, 1.165) is 10.9 Å². The van der Waals surface area contributed by atoms with Crippen LogP contribution in [-0.4, -0.2) is 47.5 Å². The number of methoxy groups -OCH3 is 1. The van der Waals surface area contributed by atoms with Crippen molar-refractivity contribution in [1.29, 1.82) is 0 Å². The fourth-order valence-electron chi connectivity index (χ4n) is 2.76. The lowest BCUT2D eigenvalue weighted by atomic mass is 10.2. The van der Waals surface area contributed by atoms with Crippen molar-refractivity contribution in [2.45, 2.75) is 6.54 Å². The SMILES string of the molecule is COc1ccc(Cn2cnc3nc(-n4cc(C(=O)O)cn4)[nH]c(=O)c32)cc1F. The van der Waals surface area contributed by atoms with Gasteiger partial charge in [-0.3, -0.25) is 9.78 Å². The Hall–Kier alpha value is -4.02. The molecule has 3 heterocycles. The van der Waals surface area contributed by atoms with E-state index in [4.69, 9.17) is 9.84 Å². The van der Waals surface area contributed by atoms with Crippen LogP contribution in [0.5, 0.6) is 5.75 Å². The van der Waals surface area contributed by atoms with Gasteiger partial charge in [-0.2, -0.15) is 10.1 Å². The van der Waals surface area contributed by atoms with Crippen molar-refractivity contribution >= 4 is 17.1 Å². The zero-order valence-corrected chi connectivity index (χ0v) is 14.5. The van der Waals surface area contributed by atoms with Gasteiger partial charge in [0.05, 0.1) is 25.2 Å². The molecule has 1 aromatic carbocycles.